The summed E-state index contributed by atoms with van der Waals surface area (Å²) in [6.45, 7) is 1.86. The molecule has 0 bridgehead atoms. The Balaban J connectivity index is 1.67. The van der Waals surface area contributed by atoms with Crippen molar-refractivity contribution in [1.29, 1.82) is 0 Å². The second-order valence-corrected chi connectivity index (χ2v) is 6.23. The predicted molar refractivity (Wildman–Crippen MR) is 101 cm³/mol. The highest BCUT2D eigenvalue weighted by Gasteiger charge is 2.17. The number of phenols is 1. The van der Waals surface area contributed by atoms with Gasteiger partial charge in [0.15, 0.2) is 0 Å². The fourth-order valence-electron chi connectivity index (χ4n) is 2.89. The Morgan fingerprint density at radius 1 is 1.04 bits per heavy atom. The zero-order valence-corrected chi connectivity index (χ0v) is 14.9. The number of allylic oxidation sites excluding steroid dienone is 2. The van der Waals surface area contributed by atoms with Crippen LogP contribution in [0.15, 0.2) is 72.0 Å². The number of benzene rings is 2. The number of hydrogen-bond acceptors (Lipinski definition) is 4. The van der Waals surface area contributed by atoms with E-state index in [4.69, 9.17) is 9.47 Å². The van der Waals surface area contributed by atoms with Gasteiger partial charge in [-0.3, -0.25) is 0 Å². The van der Waals surface area contributed by atoms with Crippen molar-refractivity contribution in [1.82, 2.24) is 0 Å². The average molecular weight is 350 g/mol. The maximum absolute atomic E-state index is 12.4. The number of ether oxygens (including phenoxy) is 2. The fourth-order valence-corrected chi connectivity index (χ4v) is 2.89. The van der Waals surface area contributed by atoms with E-state index < -0.39 is 0 Å². The summed E-state index contributed by atoms with van der Waals surface area (Å²) in [5, 5.41) is 9.37. The van der Waals surface area contributed by atoms with Crippen molar-refractivity contribution in [3.8, 4) is 16.9 Å². The fraction of sp³-hybridized carbons (Fsp3) is 0.227. The Bertz CT molecular complexity index is 829. The molecule has 0 aromatic heterocycles. The lowest BCUT2D eigenvalue weighted by atomic mass is 10.0. The van der Waals surface area contributed by atoms with Gasteiger partial charge in [-0.25, -0.2) is 4.79 Å². The van der Waals surface area contributed by atoms with E-state index in [0.29, 0.717) is 5.56 Å². The molecule has 0 saturated carbocycles. The van der Waals surface area contributed by atoms with Crippen LogP contribution in [0.5, 0.6) is 5.75 Å². The van der Waals surface area contributed by atoms with Crippen molar-refractivity contribution in [2.45, 2.75) is 25.9 Å². The maximum atomic E-state index is 12.4. The van der Waals surface area contributed by atoms with Gasteiger partial charge in [-0.1, -0.05) is 30.3 Å². The number of carbonyl (C=O) groups excluding carboxylic acids is 1. The number of rotatable bonds is 5. The van der Waals surface area contributed by atoms with Crippen molar-refractivity contribution >= 4 is 5.97 Å². The number of methoxy groups -OCH3 is 1. The molecule has 0 spiro atoms. The Morgan fingerprint density at radius 3 is 2.27 bits per heavy atom. The normalized spacial score (nSPS) is 14.8. The largest absolute Gasteiger partial charge is 0.508 e. The van der Waals surface area contributed by atoms with Crippen LogP contribution in [0.4, 0.5) is 0 Å². The monoisotopic (exact) mass is 350 g/mol. The molecule has 2 aromatic rings. The first-order valence-electron chi connectivity index (χ1n) is 8.62. The van der Waals surface area contributed by atoms with Crippen LogP contribution in [0, 0.1) is 0 Å². The van der Waals surface area contributed by atoms with Crippen molar-refractivity contribution in [2.24, 2.45) is 0 Å². The molecule has 0 amide bonds. The van der Waals surface area contributed by atoms with Gasteiger partial charge in [-0.2, -0.15) is 0 Å². The summed E-state index contributed by atoms with van der Waals surface area (Å²) >= 11 is 0. The zero-order chi connectivity index (χ0) is 18.5. The summed E-state index contributed by atoms with van der Waals surface area (Å²) in [5.74, 6) is 0.780. The molecule has 1 atom stereocenters. The molecule has 0 saturated heterocycles. The third-order valence-electron chi connectivity index (χ3n) is 4.44. The molecule has 134 valence electrons. The summed E-state index contributed by atoms with van der Waals surface area (Å²) in [7, 11) is 1.65. The van der Waals surface area contributed by atoms with Gasteiger partial charge in [0, 0.05) is 6.42 Å². The molecule has 0 heterocycles. The second-order valence-electron chi connectivity index (χ2n) is 6.23. The molecule has 0 aliphatic heterocycles. The van der Waals surface area contributed by atoms with Crippen LogP contribution in [0.3, 0.4) is 0 Å². The van der Waals surface area contributed by atoms with E-state index in [1.807, 2.05) is 37.3 Å². The van der Waals surface area contributed by atoms with E-state index in [1.165, 1.54) is 0 Å². The van der Waals surface area contributed by atoms with Gasteiger partial charge < -0.3 is 14.6 Å². The van der Waals surface area contributed by atoms with Gasteiger partial charge in [0.1, 0.15) is 11.9 Å². The highest BCUT2D eigenvalue weighted by Crippen LogP contribution is 2.24. The first-order chi connectivity index (χ1) is 12.6. The van der Waals surface area contributed by atoms with Gasteiger partial charge in [0.25, 0.3) is 0 Å². The molecular weight excluding hydrogens is 328 g/mol. The second kappa shape index (κ2) is 7.91. The number of phenolic OH excluding ortho intramolecular Hbond substituents is 1. The van der Waals surface area contributed by atoms with Crippen molar-refractivity contribution in [3.05, 3.63) is 77.6 Å². The topological polar surface area (TPSA) is 55.8 Å². The van der Waals surface area contributed by atoms with E-state index in [1.54, 1.807) is 31.4 Å². The van der Waals surface area contributed by atoms with Gasteiger partial charge in [0.05, 0.1) is 18.4 Å². The lowest BCUT2D eigenvalue weighted by Gasteiger charge is -2.19. The molecule has 4 heteroatoms. The number of esters is 1. The van der Waals surface area contributed by atoms with Crippen LogP contribution in [0.2, 0.25) is 0 Å². The number of hydrogen-bond donors (Lipinski definition) is 1. The van der Waals surface area contributed by atoms with Gasteiger partial charge >= 0.3 is 5.97 Å². The standard InChI is InChI=1S/C22H22O4/c1-15(19-4-3-5-21(14-19)25-2)26-22(24)18-8-6-16(7-9-18)17-10-12-20(23)13-11-17/h4,6-15,23H,3,5H2,1-2H3. The van der Waals surface area contributed by atoms with Gasteiger partial charge in [-0.05, 0) is 60.4 Å². The molecule has 26 heavy (non-hydrogen) atoms. The Hall–Kier alpha value is -3.01. The quantitative estimate of drug-likeness (QED) is 0.783. The summed E-state index contributed by atoms with van der Waals surface area (Å²) in [4.78, 5) is 12.4. The first-order valence-corrected chi connectivity index (χ1v) is 8.62. The summed E-state index contributed by atoms with van der Waals surface area (Å²) in [6.07, 6.45) is 5.45. The van der Waals surface area contributed by atoms with E-state index in [-0.39, 0.29) is 17.8 Å². The number of aromatic hydroxyl groups is 1. The Labute approximate surface area is 153 Å². The van der Waals surface area contributed by atoms with Gasteiger partial charge in [0.2, 0.25) is 0 Å². The molecule has 1 aliphatic rings. The van der Waals surface area contributed by atoms with Gasteiger partial charge in [-0.15, -0.1) is 0 Å². The van der Waals surface area contributed by atoms with Crippen molar-refractivity contribution in [3.63, 3.8) is 0 Å². The minimum atomic E-state index is -0.353. The molecule has 1 unspecified atom stereocenters. The van der Waals surface area contributed by atoms with E-state index in [0.717, 1.165) is 35.3 Å². The number of carbonyl (C=O) groups is 1. The lowest BCUT2D eigenvalue weighted by Crippen LogP contribution is -2.18. The lowest BCUT2D eigenvalue weighted by molar-refractivity contribution is 0.0409. The first kappa shape index (κ1) is 17.8. The molecule has 1 N–H and O–H groups in total. The Morgan fingerprint density at radius 2 is 1.65 bits per heavy atom. The average Bonchev–Trinajstić information content (AvgIpc) is 2.68. The van der Waals surface area contributed by atoms with E-state index >= 15 is 0 Å². The van der Waals surface area contributed by atoms with Crippen LogP contribution >= 0.6 is 0 Å². The SMILES string of the molecule is COC1=CC(C(C)OC(=O)c2ccc(-c3ccc(O)cc3)cc2)=CCC1. The highest BCUT2D eigenvalue weighted by atomic mass is 16.5. The predicted octanol–water partition coefficient (Wildman–Crippen LogP) is 4.86. The minimum Gasteiger partial charge on any atom is -0.508 e. The molecule has 3 rings (SSSR count). The van der Waals surface area contributed by atoms with Crippen LogP contribution in [-0.2, 0) is 9.47 Å². The summed E-state index contributed by atoms with van der Waals surface area (Å²) < 4.78 is 10.9. The molecule has 1 aliphatic carbocycles. The Kier molecular flexibility index (Phi) is 5.42. The molecule has 2 aromatic carbocycles. The summed E-state index contributed by atoms with van der Waals surface area (Å²) in [6, 6.07) is 14.2. The molecule has 4 nitrogen and oxygen atoms in total. The minimum absolute atomic E-state index is 0.227. The molecular formula is C22H22O4. The van der Waals surface area contributed by atoms with Crippen LogP contribution < -0.4 is 0 Å². The summed E-state index contributed by atoms with van der Waals surface area (Å²) in [5.41, 5.74) is 3.41. The van der Waals surface area contributed by atoms with Crippen molar-refractivity contribution in [2.75, 3.05) is 7.11 Å². The highest BCUT2D eigenvalue weighted by molar-refractivity contribution is 5.90. The van der Waals surface area contributed by atoms with E-state index in [2.05, 4.69) is 6.08 Å². The maximum Gasteiger partial charge on any atom is 0.338 e. The molecule has 0 radical (unpaired) electrons. The van der Waals surface area contributed by atoms with E-state index in [9.17, 15) is 9.90 Å². The van der Waals surface area contributed by atoms with Crippen LogP contribution in [-0.4, -0.2) is 24.3 Å². The van der Waals surface area contributed by atoms with Crippen LogP contribution in [0.25, 0.3) is 11.1 Å². The van der Waals surface area contributed by atoms with Crippen molar-refractivity contribution < 1.29 is 19.4 Å². The smallest absolute Gasteiger partial charge is 0.338 e. The third-order valence-corrected chi connectivity index (χ3v) is 4.44. The third kappa shape index (κ3) is 4.14. The van der Waals surface area contributed by atoms with Crippen LogP contribution in [0.1, 0.15) is 30.1 Å². The molecule has 0 fully saturated rings. The zero-order valence-electron chi connectivity index (χ0n) is 14.9.